The molecule has 0 aliphatic heterocycles. The Morgan fingerprint density at radius 2 is 2.15 bits per heavy atom. The maximum atomic E-state index is 12.3. The maximum Gasteiger partial charge on any atom is 0.282 e. The monoisotopic (exact) mass is 298 g/mol. The number of nitrogen functional groups attached to an aromatic ring is 1. The molecule has 0 saturated heterocycles. The van der Waals surface area contributed by atoms with Crippen LogP contribution in [0.25, 0.3) is 0 Å². The van der Waals surface area contributed by atoms with Gasteiger partial charge >= 0.3 is 0 Å². The van der Waals surface area contributed by atoms with Crippen molar-refractivity contribution >= 4 is 21.5 Å². The van der Waals surface area contributed by atoms with E-state index in [4.69, 9.17) is 5.73 Å². The molecule has 2 aromatic rings. The minimum atomic E-state index is -3.77. The fourth-order valence-corrected chi connectivity index (χ4v) is 2.96. The minimum absolute atomic E-state index is 0.0240. The molecule has 0 spiro atoms. The first kappa shape index (κ1) is 14.4. The van der Waals surface area contributed by atoms with E-state index in [-0.39, 0.29) is 16.5 Å². The molecule has 0 atom stereocenters. The van der Waals surface area contributed by atoms with Gasteiger partial charge in [-0.3, -0.25) is 9.40 Å². The Kier molecular flexibility index (Phi) is 3.71. The predicted molar refractivity (Wildman–Crippen MR) is 75.7 cm³/mol. The number of sulfonamides is 1. The fraction of sp³-hybridized carbons (Fsp3) is 0.455. The van der Waals surface area contributed by atoms with Crippen LogP contribution in [0.15, 0.2) is 17.4 Å². The molecule has 0 aliphatic rings. The number of nitrogens with one attached hydrogen (secondary N) is 1. The molecule has 0 fully saturated rings. The van der Waals surface area contributed by atoms with Crippen LogP contribution in [-0.4, -0.2) is 27.7 Å². The van der Waals surface area contributed by atoms with E-state index < -0.39 is 10.0 Å². The number of anilines is 2. The number of hydrogen-bond acceptors (Lipinski definition) is 5. The first-order valence-electron chi connectivity index (χ1n) is 6.19. The summed E-state index contributed by atoms with van der Waals surface area (Å²) in [4.78, 5) is 4.08. The van der Waals surface area contributed by atoms with Gasteiger partial charge in [-0.05, 0) is 13.3 Å². The number of nitrogens with zero attached hydrogens (tertiary/aromatic N) is 4. The minimum Gasteiger partial charge on any atom is -0.394 e. The van der Waals surface area contributed by atoms with E-state index in [0.29, 0.717) is 5.82 Å². The largest absolute Gasteiger partial charge is 0.394 e. The molecule has 110 valence electrons. The molecule has 0 radical (unpaired) electrons. The van der Waals surface area contributed by atoms with E-state index in [9.17, 15) is 8.42 Å². The summed E-state index contributed by atoms with van der Waals surface area (Å²) in [7, 11) is -2.16. The molecule has 0 aliphatic carbocycles. The number of aromatic nitrogens is 4. The molecule has 9 heteroatoms. The van der Waals surface area contributed by atoms with Crippen LogP contribution in [0, 0.1) is 6.92 Å². The van der Waals surface area contributed by atoms with Gasteiger partial charge in [-0.25, -0.2) is 4.98 Å². The second-order valence-electron chi connectivity index (χ2n) is 4.50. The zero-order chi connectivity index (χ0) is 14.9. The van der Waals surface area contributed by atoms with Crippen LogP contribution in [0.1, 0.15) is 19.2 Å². The highest BCUT2D eigenvalue weighted by Gasteiger charge is 2.21. The molecule has 20 heavy (non-hydrogen) atoms. The lowest BCUT2D eigenvalue weighted by Gasteiger charge is -2.06. The maximum absolute atomic E-state index is 12.3. The normalized spacial score (nSPS) is 11.8. The Balaban J connectivity index is 2.33. The average molecular weight is 298 g/mol. The van der Waals surface area contributed by atoms with Crippen LogP contribution < -0.4 is 10.5 Å². The predicted octanol–water partition coefficient (Wildman–Crippen LogP) is 0.718. The Morgan fingerprint density at radius 3 is 2.70 bits per heavy atom. The highest BCUT2D eigenvalue weighted by Crippen LogP contribution is 2.20. The van der Waals surface area contributed by atoms with Gasteiger partial charge in [0.25, 0.3) is 10.0 Å². The van der Waals surface area contributed by atoms with Crippen molar-refractivity contribution in [2.75, 3.05) is 10.5 Å². The van der Waals surface area contributed by atoms with E-state index in [1.54, 1.807) is 18.5 Å². The molecule has 2 rings (SSSR count). The van der Waals surface area contributed by atoms with Crippen molar-refractivity contribution in [3.8, 4) is 0 Å². The first-order valence-corrected chi connectivity index (χ1v) is 7.67. The highest BCUT2D eigenvalue weighted by atomic mass is 32.2. The second kappa shape index (κ2) is 5.16. The molecule has 0 amide bonds. The highest BCUT2D eigenvalue weighted by molar-refractivity contribution is 7.92. The Bertz CT molecular complexity index is 696. The summed E-state index contributed by atoms with van der Waals surface area (Å²) < 4.78 is 30.2. The van der Waals surface area contributed by atoms with Crippen LogP contribution in [0.2, 0.25) is 0 Å². The summed E-state index contributed by atoms with van der Waals surface area (Å²) in [6.45, 7) is 4.51. The first-order chi connectivity index (χ1) is 9.35. The standard InChI is InChI=1S/C11H18N6O2S/c1-4-5-17-7-10(14-8(17)2)20(18,19)15-11-9(12)6-13-16(11)3/h6-7,15H,4-5,12H2,1-3H3. The topological polar surface area (TPSA) is 108 Å². The van der Waals surface area contributed by atoms with E-state index in [2.05, 4.69) is 14.8 Å². The number of nitrogens with two attached hydrogens (primary N) is 1. The average Bonchev–Trinajstić information content (AvgIpc) is 2.88. The van der Waals surface area contributed by atoms with Crippen molar-refractivity contribution in [2.45, 2.75) is 31.8 Å². The smallest absolute Gasteiger partial charge is 0.282 e. The van der Waals surface area contributed by atoms with Gasteiger partial charge in [-0.1, -0.05) is 6.92 Å². The molecule has 3 N–H and O–H groups in total. The van der Waals surface area contributed by atoms with Crippen LogP contribution in [0.4, 0.5) is 11.5 Å². The fourth-order valence-electron chi connectivity index (χ4n) is 1.84. The molecular weight excluding hydrogens is 280 g/mol. The summed E-state index contributed by atoms with van der Waals surface area (Å²) >= 11 is 0. The number of imidazole rings is 1. The van der Waals surface area contributed by atoms with Gasteiger partial charge < -0.3 is 10.3 Å². The summed E-state index contributed by atoms with van der Waals surface area (Å²) in [5.74, 6) is 0.887. The summed E-state index contributed by atoms with van der Waals surface area (Å²) in [6, 6.07) is 0. The lowest BCUT2D eigenvalue weighted by Crippen LogP contribution is -2.16. The lowest BCUT2D eigenvalue weighted by molar-refractivity contribution is 0.596. The van der Waals surface area contributed by atoms with E-state index in [1.807, 2.05) is 6.92 Å². The van der Waals surface area contributed by atoms with Crippen LogP contribution in [0.3, 0.4) is 0 Å². The molecule has 2 aromatic heterocycles. The Labute approximate surface area is 117 Å². The zero-order valence-electron chi connectivity index (χ0n) is 11.7. The lowest BCUT2D eigenvalue weighted by atomic mass is 10.5. The van der Waals surface area contributed by atoms with Crippen molar-refractivity contribution in [3.05, 3.63) is 18.2 Å². The third-order valence-electron chi connectivity index (χ3n) is 2.89. The molecule has 0 unspecified atom stereocenters. The number of aryl methyl sites for hydroxylation is 3. The zero-order valence-corrected chi connectivity index (χ0v) is 12.5. The SMILES string of the molecule is CCCn1cc(S(=O)(=O)Nc2c(N)cnn2C)nc1C. The number of hydrogen-bond donors (Lipinski definition) is 2. The molecular formula is C11H18N6O2S. The summed E-state index contributed by atoms with van der Waals surface area (Å²) in [6.07, 6.45) is 3.81. The number of rotatable bonds is 5. The van der Waals surface area contributed by atoms with Gasteiger partial charge in [0.1, 0.15) is 5.82 Å². The third-order valence-corrected chi connectivity index (χ3v) is 4.10. The van der Waals surface area contributed by atoms with Crippen LogP contribution in [-0.2, 0) is 23.6 Å². The molecule has 0 aromatic carbocycles. The van der Waals surface area contributed by atoms with E-state index >= 15 is 0 Å². The summed E-state index contributed by atoms with van der Waals surface area (Å²) in [5, 5.41) is 3.86. The van der Waals surface area contributed by atoms with Gasteiger partial charge in [-0.15, -0.1) is 0 Å². The Hall–Kier alpha value is -2.03. The van der Waals surface area contributed by atoms with Gasteiger partial charge in [0.2, 0.25) is 0 Å². The third kappa shape index (κ3) is 2.62. The van der Waals surface area contributed by atoms with Crippen LogP contribution >= 0.6 is 0 Å². The molecule has 2 heterocycles. The van der Waals surface area contributed by atoms with E-state index in [0.717, 1.165) is 13.0 Å². The van der Waals surface area contributed by atoms with Gasteiger partial charge in [-0.2, -0.15) is 13.5 Å². The molecule has 0 bridgehead atoms. The Morgan fingerprint density at radius 1 is 1.45 bits per heavy atom. The van der Waals surface area contributed by atoms with Crippen molar-refractivity contribution in [1.82, 2.24) is 19.3 Å². The van der Waals surface area contributed by atoms with Crippen molar-refractivity contribution in [3.63, 3.8) is 0 Å². The van der Waals surface area contributed by atoms with Gasteiger partial charge in [0, 0.05) is 19.8 Å². The van der Waals surface area contributed by atoms with Gasteiger partial charge in [0.05, 0.1) is 11.9 Å². The molecule has 0 saturated carbocycles. The van der Waals surface area contributed by atoms with Crippen molar-refractivity contribution in [2.24, 2.45) is 7.05 Å². The summed E-state index contributed by atoms with van der Waals surface area (Å²) in [5.41, 5.74) is 5.94. The van der Waals surface area contributed by atoms with Crippen molar-refractivity contribution in [1.29, 1.82) is 0 Å². The van der Waals surface area contributed by atoms with Crippen LogP contribution in [0.5, 0.6) is 0 Å². The van der Waals surface area contributed by atoms with Crippen molar-refractivity contribution < 1.29 is 8.42 Å². The quantitative estimate of drug-likeness (QED) is 0.845. The van der Waals surface area contributed by atoms with E-state index in [1.165, 1.54) is 17.1 Å². The molecule has 8 nitrogen and oxygen atoms in total. The van der Waals surface area contributed by atoms with Gasteiger partial charge in [0.15, 0.2) is 10.8 Å². The second-order valence-corrected chi connectivity index (χ2v) is 6.13.